The number of anilines is 2. The number of primary amides is 1. The number of piperidine rings is 1. The van der Waals surface area contributed by atoms with Gasteiger partial charge in [0.25, 0.3) is 5.91 Å². The fourth-order valence-corrected chi connectivity index (χ4v) is 3.48. The summed E-state index contributed by atoms with van der Waals surface area (Å²) in [6.07, 6.45) is 1.07. The van der Waals surface area contributed by atoms with Gasteiger partial charge in [0.1, 0.15) is 15.9 Å². The van der Waals surface area contributed by atoms with Gasteiger partial charge in [0, 0.05) is 13.1 Å². The van der Waals surface area contributed by atoms with Crippen molar-refractivity contribution in [3.8, 4) is 6.07 Å². The van der Waals surface area contributed by atoms with Gasteiger partial charge in [-0.3, -0.25) is 4.79 Å². The molecule has 1 aliphatic heterocycles. The number of hydrogen-bond acceptors (Lipinski definition) is 5. The number of hydrogen-bond donors (Lipinski definition) is 2. The Morgan fingerprint density at radius 3 is 2.68 bits per heavy atom. The standard InChI is InChI=1S/C13H18N4OS/c1-7-3-4-17(6-8(7)2)13-10(12(16)18)11(15)9(5-14)19-13/h7-8H,3-4,6,15H2,1-2H3,(H2,16,18). The van der Waals surface area contributed by atoms with E-state index in [0.29, 0.717) is 22.3 Å². The van der Waals surface area contributed by atoms with Crippen LogP contribution < -0.4 is 16.4 Å². The molecule has 1 amide bonds. The van der Waals surface area contributed by atoms with Gasteiger partial charge in [0.2, 0.25) is 0 Å². The third-order valence-electron chi connectivity index (χ3n) is 3.90. The van der Waals surface area contributed by atoms with Gasteiger partial charge >= 0.3 is 0 Å². The van der Waals surface area contributed by atoms with Gasteiger partial charge in [-0.2, -0.15) is 5.26 Å². The minimum Gasteiger partial charge on any atom is -0.396 e. The highest BCUT2D eigenvalue weighted by atomic mass is 32.1. The van der Waals surface area contributed by atoms with Crippen LogP contribution in [0.3, 0.4) is 0 Å². The van der Waals surface area contributed by atoms with Crippen LogP contribution in [0.25, 0.3) is 0 Å². The lowest BCUT2D eigenvalue weighted by Crippen LogP contribution is -2.38. The molecular weight excluding hydrogens is 260 g/mol. The zero-order valence-electron chi connectivity index (χ0n) is 11.1. The Morgan fingerprint density at radius 2 is 2.16 bits per heavy atom. The molecule has 0 aliphatic carbocycles. The molecule has 1 aromatic heterocycles. The Labute approximate surface area is 116 Å². The molecule has 6 heteroatoms. The largest absolute Gasteiger partial charge is 0.396 e. The first-order chi connectivity index (χ1) is 8.95. The molecule has 2 unspecified atom stereocenters. The second-order valence-corrected chi connectivity index (χ2v) is 6.19. The lowest BCUT2D eigenvalue weighted by atomic mass is 9.89. The molecule has 0 spiro atoms. The van der Waals surface area contributed by atoms with Crippen LogP contribution in [-0.2, 0) is 0 Å². The highest BCUT2D eigenvalue weighted by Crippen LogP contribution is 2.39. The van der Waals surface area contributed by atoms with Crippen LogP contribution in [0.2, 0.25) is 0 Å². The van der Waals surface area contributed by atoms with Crippen molar-refractivity contribution in [3.05, 3.63) is 10.4 Å². The lowest BCUT2D eigenvalue weighted by molar-refractivity contribution is 0.100. The number of nitrogens with zero attached hydrogens (tertiary/aromatic N) is 2. The van der Waals surface area contributed by atoms with Gasteiger partial charge in [-0.05, 0) is 18.3 Å². The van der Waals surface area contributed by atoms with Gasteiger partial charge < -0.3 is 16.4 Å². The van der Waals surface area contributed by atoms with Crippen LogP contribution >= 0.6 is 11.3 Å². The second-order valence-electron chi connectivity index (χ2n) is 5.19. The van der Waals surface area contributed by atoms with Crippen LogP contribution in [0.5, 0.6) is 0 Å². The van der Waals surface area contributed by atoms with E-state index in [1.54, 1.807) is 0 Å². The molecule has 0 saturated carbocycles. The third kappa shape index (κ3) is 2.38. The predicted molar refractivity (Wildman–Crippen MR) is 77.1 cm³/mol. The maximum absolute atomic E-state index is 11.6. The van der Waals surface area contributed by atoms with E-state index in [0.717, 1.165) is 24.5 Å². The van der Waals surface area contributed by atoms with E-state index in [4.69, 9.17) is 16.7 Å². The molecule has 4 N–H and O–H groups in total. The summed E-state index contributed by atoms with van der Waals surface area (Å²) in [5.74, 6) is 0.654. The number of nitriles is 1. The molecule has 1 fully saturated rings. The van der Waals surface area contributed by atoms with Gasteiger partial charge in [0.05, 0.1) is 11.3 Å². The first-order valence-corrected chi connectivity index (χ1v) is 7.14. The molecule has 1 aromatic rings. The van der Waals surface area contributed by atoms with Crippen molar-refractivity contribution < 1.29 is 4.79 Å². The van der Waals surface area contributed by atoms with Crippen LogP contribution in [-0.4, -0.2) is 19.0 Å². The summed E-state index contributed by atoms with van der Waals surface area (Å²) in [6, 6.07) is 2.03. The van der Waals surface area contributed by atoms with Crippen molar-refractivity contribution in [2.75, 3.05) is 23.7 Å². The molecule has 1 saturated heterocycles. The monoisotopic (exact) mass is 278 g/mol. The third-order valence-corrected chi connectivity index (χ3v) is 5.07. The van der Waals surface area contributed by atoms with E-state index >= 15 is 0 Å². The fraction of sp³-hybridized carbons (Fsp3) is 0.538. The molecular formula is C13H18N4OS. The first kappa shape index (κ1) is 13.7. The van der Waals surface area contributed by atoms with Crippen LogP contribution in [0.15, 0.2) is 0 Å². The van der Waals surface area contributed by atoms with E-state index in [-0.39, 0.29) is 5.69 Å². The van der Waals surface area contributed by atoms with E-state index in [1.807, 2.05) is 6.07 Å². The average Bonchev–Trinajstić information content (AvgIpc) is 2.69. The minimum atomic E-state index is -0.559. The smallest absolute Gasteiger partial charge is 0.253 e. The van der Waals surface area contributed by atoms with E-state index in [9.17, 15) is 4.79 Å². The number of rotatable bonds is 2. The molecule has 102 valence electrons. The molecule has 2 atom stereocenters. The summed E-state index contributed by atoms with van der Waals surface area (Å²) in [4.78, 5) is 14.1. The van der Waals surface area contributed by atoms with Gasteiger partial charge in [-0.15, -0.1) is 11.3 Å². The quantitative estimate of drug-likeness (QED) is 0.861. The average molecular weight is 278 g/mol. The Balaban J connectivity index is 2.40. The first-order valence-electron chi connectivity index (χ1n) is 6.32. The minimum absolute atomic E-state index is 0.223. The normalized spacial score (nSPS) is 23.1. The molecule has 2 heterocycles. The van der Waals surface area contributed by atoms with Crippen molar-refractivity contribution >= 4 is 27.9 Å². The molecule has 0 bridgehead atoms. The highest BCUT2D eigenvalue weighted by Gasteiger charge is 2.29. The molecule has 19 heavy (non-hydrogen) atoms. The lowest BCUT2D eigenvalue weighted by Gasteiger charge is -2.36. The second kappa shape index (κ2) is 5.10. The SMILES string of the molecule is CC1CCN(c2sc(C#N)c(N)c2C(N)=O)CC1C. The summed E-state index contributed by atoms with van der Waals surface area (Å²) in [5, 5.41) is 9.79. The number of carbonyl (C=O) groups excluding carboxylic acids is 1. The number of nitrogen functional groups attached to an aromatic ring is 1. The van der Waals surface area contributed by atoms with Crippen molar-refractivity contribution in [3.63, 3.8) is 0 Å². The molecule has 2 rings (SSSR count). The number of carbonyl (C=O) groups is 1. The van der Waals surface area contributed by atoms with Gasteiger partial charge in [0.15, 0.2) is 0 Å². The molecule has 0 radical (unpaired) electrons. The van der Waals surface area contributed by atoms with Crippen molar-refractivity contribution in [2.24, 2.45) is 17.6 Å². The number of amides is 1. The summed E-state index contributed by atoms with van der Waals surface area (Å²) in [6.45, 7) is 6.17. The summed E-state index contributed by atoms with van der Waals surface area (Å²) >= 11 is 1.26. The molecule has 0 aromatic carbocycles. The van der Waals surface area contributed by atoms with Crippen molar-refractivity contribution in [1.82, 2.24) is 0 Å². The van der Waals surface area contributed by atoms with E-state index < -0.39 is 5.91 Å². The van der Waals surface area contributed by atoms with Crippen molar-refractivity contribution in [2.45, 2.75) is 20.3 Å². The maximum atomic E-state index is 11.6. The van der Waals surface area contributed by atoms with Crippen LogP contribution in [0.4, 0.5) is 10.7 Å². The maximum Gasteiger partial charge on any atom is 0.253 e. The van der Waals surface area contributed by atoms with Crippen LogP contribution in [0.1, 0.15) is 35.5 Å². The summed E-state index contributed by atoms with van der Waals surface area (Å²) in [5.41, 5.74) is 11.8. The van der Waals surface area contributed by atoms with Crippen LogP contribution in [0, 0.1) is 23.2 Å². The number of thiophene rings is 1. The zero-order valence-corrected chi connectivity index (χ0v) is 12.0. The van der Waals surface area contributed by atoms with Gasteiger partial charge in [-0.1, -0.05) is 13.8 Å². The van der Waals surface area contributed by atoms with E-state index in [1.165, 1.54) is 11.3 Å². The fourth-order valence-electron chi connectivity index (χ4n) is 2.42. The number of nitrogens with two attached hydrogens (primary N) is 2. The Kier molecular flexibility index (Phi) is 3.67. The molecule has 1 aliphatic rings. The molecule has 5 nitrogen and oxygen atoms in total. The Morgan fingerprint density at radius 1 is 1.47 bits per heavy atom. The Hall–Kier alpha value is -1.74. The van der Waals surface area contributed by atoms with Gasteiger partial charge in [-0.25, -0.2) is 0 Å². The van der Waals surface area contributed by atoms with Crippen molar-refractivity contribution in [1.29, 1.82) is 5.26 Å². The van der Waals surface area contributed by atoms with E-state index in [2.05, 4.69) is 18.7 Å². The zero-order chi connectivity index (χ0) is 14.2. The summed E-state index contributed by atoms with van der Waals surface area (Å²) in [7, 11) is 0. The topological polar surface area (TPSA) is 96.1 Å². The highest BCUT2D eigenvalue weighted by molar-refractivity contribution is 7.17. The summed E-state index contributed by atoms with van der Waals surface area (Å²) < 4.78 is 0. The predicted octanol–water partition coefficient (Wildman–Crippen LogP) is 1.78. The Bertz CT molecular complexity index is 546.